The van der Waals surface area contributed by atoms with Crippen LogP contribution >= 0.6 is 27.3 Å². The lowest BCUT2D eigenvalue weighted by Crippen LogP contribution is -2.22. The van der Waals surface area contributed by atoms with Gasteiger partial charge in [0.05, 0.1) is 28.3 Å². The summed E-state index contributed by atoms with van der Waals surface area (Å²) in [6.07, 6.45) is 2.86. The van der Waals surface area contributed by atoms with Gasteiger partial charge < -0.3 is 9.47 Å². The van der Waals surface area contributed by atoms with Gasteiger partial charge in [0, 0.05) is 4.47 Å². The van der Waals surface area contributed by atoms with E-state index in [2.05, 4.69) is 27.8 Å². The van der Waals surface area contributed by atoms with Crippen molar-refractivity contribution in [3.8, 4) is 11.5 Å². The van der Waals surface area contributed by atoms with Crippen LogP contribution in [-0.4, -0.2) is 22.1 Å². The molecule has 0 radical (unpaired) electrons. The van der Waals surface area contributed by atoms with E-state index in [0.717, 1.165) is 27.5 Å². The summed E-state index contributed by atoms with van der Waals surface area (Å²) in [5.41, 5.74) is 2.45. The highest BCUT2D eigenvalue weighted by Crippen LogP contribution is 2.35. The number of nitrogens with zero attached hydrogens (tertiary/aromatic N) is 2. The molecule has 0 amide bonds. The van der Waals surface area contributed by atoms with Crippen LogP contribution in [-0.2, 0) is 0 Å². The van der Waals surface area contributed by atoms with E-state index in [1.54, 1.807) is 4.40 Å². The molecule has 2 aromatic heterocycles. The van der Waals surface area contributed by atoms with Crippen LogP contribution in [0.15, 0.2) is 45.7 Å². The second-order valence-corrected chi connectivity index (χ2v) is 8.59. The molecule has 0 N–H and O–H groups in total. The minimum atomic E-state index is -0.0662. The maximum absolute atomic E-state index is 13.0. The van der Waals surface area contributed by atoms with E-state index in [9.17, 15) is 4.79 Å². The lowest BCUT2D eigenvalue weighted by molar-refractivity contribution is 0.203. The number of para-hydroxylation sites is 2. The van der Waals surface area contributed by atoms with Gasteiger partial charge in [-0.25, -0.2) is 9.38 Å². The third-order valence-corrected chi connectivity index (χ3v) is 6.35. The van der Waals surface area contributed by atoms with Crippen LogP contribution in [0.4, 0.5) is 0 Å². The first-order chi connectivity index (χ1) is 14.0. The highest BCUT2D eigenvalue weighted by atomic mass is 79.9. The molecule has 2 heterocycles. The molecule has 4 aromatic rings. The third kappa shape index (κ3) is 3.76. The number of hydrogen-bond acceptors (Lipinski definition) is 5. The molecular formula is C22H21BrN2O3S. The SMILES string of the molecule is CCOc1cc(/C=c2\sc3nc4ccccc4n3c2=O)c(Br)cc1O[C@H](C)CC. The van der Waals surface area contributed by atoms with Crippen LogP contribution in [0, 0.1) is 0 Å². The topological polar surface area (TPSA) is 52.8 Å². The predicted molar refractivity (Wildman–Crippen MR) is 121 cm³/mol. The van der Waals surface area contributed by atoms with E-state index >= 15 is 0 Å². The molecule has 0 fully saturated rings. The van der Waals surface area contributed by atoms with Crippen molar-refractivity contribution in [2.45, 2.75) is 33.3 Å². The van der Waals surface area contributed by atoms with Crippen molar-refractivity contribution in [3.05, 3.63) is 61.3 Å². The van der Waals surface area contributed by atoms with Crippen LogP contribution in [0.2, 0.25) is 0 Å². The number of rotatable bonds is 6. The Morgan fingerprint density at radius 1 is 1.24 bits per heavy atom. The van der Waals surface area contributed by atoms with Crippen molar-refractivity contribution >= 4 is 49.3 Å². The van der Waals surface area contributed by atoms with E-state index in [-0.39, 0.29) is 11.7 Å². The molecule has 0 bridgehead atoms. The standard InChI is InChI=1S/C22H21BrN2O3S/c1-4-13(3)28-19-12-15(23)14(10-18(19)27-5-2)11-20-21(26)25-17-9-7-6-8-16(17)24-22(25)29-20/h6-13H,4-5H2,1-3H3/b20-11-/t13-/m1/s1. The van der Waals surface area contributed by atoms with Gasteiger partial charge in [0.1, 0.15) is 0 Å². The maximum atomic E-state index is 13.0. The van der Waals surface area contributed by atoms with Gasteiger partial charge in [-0.15, -0.1) is 0 Å². The fourth-order valence-electron chi connectivity index (χ4n) is 3.08. The molecule has 1 atom stereocenters. The van der Waals surface area contributed by atoms with Crippen LogP contribution in [0.5, 0.6) is 11.5 Å². The number of benzene rings is 2. The molecule has 0 aliphatic carbocycles. The zero-order chi connectivity index (χ0) is 20.5. The number of imidazole rings is 1. The average Bonchev–Trinajstić information content (AvgIpc) is 3.21. The Labute approximate surface area is 180 Å². The van der Waals surface area contributed by atoms with E-state index in [1.807, 2.05) is 56.3 Å². The zero-order valence-corrected chi connectivity index (χ0v) is 18.8. The summed E-state index contributed by atoms with van der Waals surface area (Å²) in [5.74, 6) is 1.36. The highest BCUT2D eigenvalue weighted by Gasteiger charge is 2.14. The first-order valence-electron chi connectivity index (χ1n) is 9.56. The van der Waals surface area contributed by atoms with Gasteiger partial charge in [-0.1, -0.05) is 46.3 Å². The van der Waals surface area contributed by atoms with Crippen LogP contribution in [0.25, 0.3) is 22.1 Å². The molecule has 0 saturated carbocycles. The number of aromatic nitrogens is 2. The van der Waals surface area contributed by atoms with Gasteiger partial charge >= 0.3 is 0 Å². The van der Waals surface area contributed by atoms with Crippen LogP contribution in [0.1, 0.15) is 32.8 Å². The third-order valence-electron chi connectivity index (χ3n) is 4.70. The van der Waals surface area contributed by atoms with Crippen molar-refractivity contribution in [1.29, 1.82) is 0 Å². The van der Waals surface area contributed by atoms with Gasteiger partial charge in [0.2, 0.25) is 0 Å². The quantitative estimate of drug-likeness (QED) is 0.404. The average molecular weight is 473 g/mol. The number of ether oxygens (including phenoxy) is 2. The molecule has 150 valence electrons. The first kappa shape index (κ1) is 19.9. The van der Waals surface area contributed by atoms with Gasteiger partial charge in [0.15, 0.2) is 16.5 Å². The van der Waals surface area contributed by atoms with Gasteiger partial charge in [-0.3, -0.25) is 4.79 Å². The fraction of sp³-hybridized carbons (Fsp3) is 0.273. The summed E-state index contributed by atoms with van der Waals surface area (Å²) in [6, 6.07) is 11.5. The molecule has 4 rings (SSSR count). The summed E-state index contributed by atoms with van der Waals surface area (Å²) < 4.78 is 14.9. The highest BCUT2D eigenvalue weighted by molar-refractivity contribution is 9.10. The smallest absolute Gasteiger partial charge is 0.274 e. The molecule has 0 saturated heterocycles. The Kier molecular flexibility index (Phi) is 5.61. The molecular weight excluding hydrogens is 452 g/mol. The largest absolute Gasteiger partial charge is 0.490 e. The van der Waals surface area contributed by atoms with Crippen molar-refractivity contribution in [2.75, 3.05) is 6.61 Å². The van der Waals surface area contributed by atoms with E-state index < -0.39 is 0 Å². The molecule has 7 heteroatoms. The molecule has 0 spiro atoms. The second-order valence-electron chi connectivity index (χ2n) is 6.72. The lowest BCUT2D eigenvalue weighted by atomic mass is 10.2. The van der Waals surface area contributed by atoms with Crippen molar-refractivity contribution in [1.82, 2.24) is 9.38 Å². The number of halogens is 1. The van der Waals surface area contributed by atoms with Gasteiger partial charge in [-0.05, 0) is 56.2 Å². The molecule has 0 unspecified atom stereocenters. The Bertz CT molecular complexity index is 1300. The molecule has 0 aliphatic rings. The monoisotopic (exact) mass is 472 g/mol. The van der Waals surface area contributed by atoms with E-state index in [1.165, 1.54) is 11.3 Å². The second kappa shape index (κ2) is 8.16. The van der Waals surface area contributed by atoms with Crippen molar-refractivity contribution in [2.24, 2.45) is 0 Å². The minimum absolute atomic E-state index is 0.0662. The summed E-state index contributed by atoms with van der Waals surface area (Å²) >= 11 is 5.00. The molecule has 0 aliphatic heterocycles. The Morgan fingerprint density at radius 3 is 2.79 bits per heavy atom. The Morgan fingerprint density at radius 2 is 2.03 bits per heavy atom. The minimum Gasteiger partial charge on any atom is -0.490 e. The number of fused-ring (bicyclic) bond motifs is 3. The zero-order valence-electron chi connectivity index (χ0n) is 16.4. The predicted octanol–water partition coefficient (Wildman–Crippen LogP) is 4.80. The number of hydrogen-bond donors (Lipinski definition) is 0. The summed E-state index contributed by atoms with van der Waals surface area (Å²) in [4.78, 5) is 18.3. The summed E-state index contributed by atoms with van der Waals surface area (Å²) in [5, 5.41) is 0. The Hall–Kier alpha value is -2.38. The number of thiazole rings is 1. The van der Waals surface area contributed by atoms with E-state index in [0.29, 0.717) is 27.6 Å². The summed E-state index contributed by atoms with van der Waals surface area (Å²) in [7, 11) is 0. The fourth-order valence-corrected chi connectivity index (χ4v) is 4.49. The van der Waals surface area contributed by atoms with Crippen molar-refractivity contribution < 1.29 is 9.47 Å². The molecule has 5 nitrogen and oxygen atoms in total. The molecule has 2 aromatic carbocycles. The normalized spacial score (nSPS) is 13.3. The lowest BCUT2D eigenvalue weighted by Gasteiger charge is -2.17. The van der Waals surface area contributed by atoms with Crippen LogP contribution < -0.4 is 19.6 Å². The van der Waals surface area contributed by atoms with Gasteiger partial charge in [-0.2, -0.15) is 0 Å². The first-order valence-corrected chi connectivity index (χ1v) is 11.2. The van der Waals surface area contributed by atoms with E-state index in [4.69, 9.17) is 9.47 Å². The van der Waals surface area contributed by atoms with Gasteiger partial charge in [0.25, 0.3) is 5.56 Å². The molecule has 29 heavy (non-hydrogen) atoms. The van der Waals surface area contributed by atoms with Crippen LogP contribution in [0.3, 0.4) is 0 Å². The maximum Gasteiger partial charge on any atom is 0.274 e. The Balaban J connectivity index is 1.84. The van der Waals surface area contributed by atoms with Crippen molar-refractivity contribution in [3.63, 3.8) is 0 Å². The summed E-state index contributed by atoms with van der Waals surface area (Å²) in [6.45, 7) is 6.57.